The fourth-order valence-corrected chi connectivity index (χ4v) is 13.0. The molecule has 0 amide bonds. The molecule has 0 saturated carbocycles. The van der Waals surface area contributed by atoms with Gasteiger partial charge in [-0.2, -0.15) is 0 Å². The first-order chi connectivity index (χ1) is 7.81. The van der Waals surface area contributed by atoms with E-state index in [1.54, 1.807) is 0 Å². The van der Waals surface area contributed by atoms with Crippen molar-refractivity contribution < 1.29 is 0 Å². The van der Waals surface area contributed by atoms with Crippen molar-refractivity contribution in [2.24, 2.45) is 0 Å². The summed E-state index contributed by atoms with van der Waals surface area (Å²) in [6, 6.07) is 0. The second-order valence-electron chi connectivity index (χ2n) is 6.68. The standard InChI is InChI=1S/C14H27PS2/c1-6-15-12(2,3)10-14(11-13(15,4)5)16-8-7-9-17-14/h6-11H2,1-5H3. The first kappa shape index (κ1) is 14.5. The molecule has 2 heterocycles. The SMILES string of the molecule is CCP1C(C)(C)CC2(CC1(C)C)SCCCS2. The number of hydrogen-bond donors (Lipinski definition) is 0. The van der Waals surface area contributed by atoms with Gasteiger partial charge in [0.15, 0.2) is 0 Å². The minimum atomic E-state index is 0.166. The smallest absolute Gasteiger partial charge is 0.0628 e. The lowest BCUT2D eigenvalue weighted by atomic mass is 9.96. The Morgan fingerprint density at radius 1 is 0.941 bits per heavy atom. The molecule has 0 aromatic rings. The van der Waals surface area contributed by atoms with E-state index in [1.807, 2.05) is 0 Å². The van der Waals surface area contributed by atoms with Crippen LogP contribution in [-0.2, 0) is 0 Å². The molecule has 2 fully saturated rings. The average molecular weight is 290 g/mol. The molecule has 0 N–H and O–H groups in total. The van der Waals surface area contributed by atoms with Crippen LogP contribution in [0.1, 0.15) is 53.9 Å². The van der Waals surface area contributed by atoms with Crippen molar-refractivity contribution in [1.29, 1.82) is 0 Å². The summed E-state index contributed by atoms with van der Waals surface area (Å²) in [6.45, 7) is 12.6. The van der Waals surface area contributed by atoms with Crippen LogP contribution >= 0.6 is 31.4 Å². The molecule has 0 unspecified atom stereocenters. The first-order valence-electron chi connectivity index (χ1n) is 6.87. The van der Waals surface area contributed by atoms with Crippen LogP contribution in [0.3, 0.4) is 0 Å². The molecule has 1 spiro atoms. The third kappa shape index (κ3) is 2.84. The van der Waals surface area contributed by atoms with Crippen molar-refractivity contribution in [3.63, 3.8) is 0 Å². The minimum Gasteiger partial charge on any atom is -0.144 e. The Bertz CT molecular complexity index is 260. The zero-order chi connectivity index (χ0) is 12.7. The maximum atomic E-state index is 2.54. The van der Waals surface area contributed by atoms with Crippen molar-refractivity contribution in [3.05, 3.63) is 0 Å². The Balaban J connectivity index is 2.25. The van der Waals surface area contributed by atoms with Crippen molar-refractivity contribution in [3.8, 4) is 0 Å². The van der Waals surface area contributed by atoms with Gasteiger partial charge in [0.05, 0.1) is 4.08 Å². The van der Waals surface area contributed by atoms with Crippen LogP contribution in [0.2, 0.25) is 0 Å². The van der Waals surface area contributed by atoms with Crippen LogP contribution in [0, 0.1) is 0 Å². The van der Waals surface area contributed by atoms with Gasteiger partial charge in [-0.15, -0.1) is 23.5 Å². The van der Waals surface area contributed by atoms with Gasteiger partial charge < -0.3 is 0 Å². The van der Waals surface area contributed by atoms with Crippen LogP contribution < -0.4 is 0 Å². The molecule has 0 radical (unpaired) electrons. The zero-order valence-corrected chi connectivity index (χ0v) is 14.5. The Morgan fingerprint density at radius 3 is 1.82 bits per heavy atom. The summed E-state index contributed by atoms with van der Waals surface area (Å²) in [5.41, 5.74) is 0. The van der Waals surface area contributed by atoms with E-state index >= 15 is 0 Å². The molecule has 3 heteroatoms. The molecule has 0 atom stereocenters. The highest BCUT2D eigenvalue weighted by Gasteiger charge is 2.53. The van der Waals surface area contributed by atoms with E-state index in [0.717, 1.165) is 0 Å². The molecular formula is C14H27PS2. The summed E-state index contributed by atoms with van der Waals surface area (Å²) in [5, 5.41) is 1.15. The second-order valence-corrected chi connectivity index (χ2v) is 13.8. The van der Waals surface area contributed by atoms with Crippen LogP contribution in [0.4, 0.5) is 0 Å². The Morgan fingerprint density at radius 2 is 1.41 bits per heavy atom. The molecule has 2 aliphatic heterocycles. The lowest BCUT2D eigenvalue weighted by Gasteiger charge is -2.57. The van der Waals surface area contributed by atoms with Gasteiger partial charge in [0.2, 0.25) is 0 Å². The molecule has 2 aliphatic rings. The highest BCUT2D eigenvalue weighted by Crippen LogP contribution is 2.71. The lowest BCUT2D eigenvalue weighted by Crippen LogP contribution is -2.48. The normalized spacial score (nSPS) is 31.6. The van der Waals surface area contributed by atoms with Gasteiger partial charge in [0.25, 0.3) is 0 Å². The molecule has 0 bridgehead atoms. The quantitative estimate of drug-likeness (QED) is 0.593. The largest absolute Gasteiger partial charge is 0.144 e. The minimum absolute atomic E-state index is 0.166. The third-order valence-corrected chi connectivity index (χ3v) is 11.4. The van der Waals surface area contributed by atoms with Crippen LogP contribution in [0.5, 0.6) is 0 Å². The van der Waals surface area contributed by atoms with Crippen molar-refractivity contribution in [1.82, 2.24) is 0 Å². The van der Waals surface area contributed by atoms with Gasteiger partial charge in [-0.3, -0.25) is 0 Å². The van der Waals surface area contributed by atoms with E-state index in [9.17, 15) is 0 Å². The molecule has 2 rings (SSSR count). The summed E-state index contributed by atoms with van der Waals surface area (Å²) in [5.74, 6) is 2.78. The predicted molar refractivity (Wildman–Crippen MR) is 87.1 cm³/mol. The Kier molecular flexibility index (Phi) is 4.20. The summed E-state index contributed by atoms with van der Waals surface area (Å²) in [4.78, 5) is 0. The maximum Gasteiger partial charge on any atom is 0.0628 e. The first-order valence-corrected chi connectivity index (χ1v) is 10.4. The molecule has 0 aliphatic carbocycles. The van der Waals surface area contributed by atoms with Crippen LogP contribution in [0.25, 0.3) is 0 Å². The van der Waals surface area contributed by atoms with Gasteiger partial charge in [-0.25, -0.2) is 0 Å². The number of hydrogen-bond acceptors (Lipinski definition) is 2. The average Bonchev–Trinajstić information content (AvgIpc) is 2.14. The maximum absolute atomic E-state index is 2.54. The number of rotatable bonds is 1. The van der Waals surface area contributed by atoms with E-state index in [0.29, 0.717) is 14.4 Å². The molecule has 0 aromatic heterocycles. The van der Waals surface area contributed by atoms with Gasteiger partial charge in [0, 0.05) is 0 Å². The second kappa shape index (κ2) is 4.91. The van der Waals surface area contributed by atoms with Crippen molar-refractivity contribution >= 4 is 31.4 Å². The summed E-state index contributed by atoms with van der Waals surface area (Å²) < 4.78 is 0.555. The Hall–Kier alpha value is 1.13. The van der Waals surface area contributed by atoms with Crippen LogP contribution in [-0.4, -0.2) is 32.1 Å². The lowest BCUT2D eigenvalue weighted by molar-refractivity contribution is 0.453. The fourth-order valence-electron chi connectivity index (χ4n) is 4.07. The van der Waals surface area contributed by atoms with E-state index in [-0.39, 0.29) is 7.92 Å². The highest BCUT2D eigenvalue weighted by molar-refractivity contribution is 8.18. The number of thioether (sulfide) groups is 2. The zero-order valence-electron chi connectivity index (χ0n) is 12.0. The van der Waals surface area contributed by atoms with Crippen molar-refractivity contribution in [2.75, 3.05) is 17.7 Å². The van der Waals surface area contributed by atoms with Gasteiger partial charge >= 0.3 is 0 Å². The Labute approximate surface area is 117 Å². The molecule has 100 valence electrons. The predicted octanol–water partition coefficient (Wildman–Crippen LogP) is 5.41. The van der Waals surface area contributed by atoms with Gasteiger partial charge in [-0.1, -0.05) is 42.5 Å². The molecule has 0 nitrogen and oxygen atoms in total. The third-order valence-electron chi connectivity index (χ3n) is 4.20. The highest BCUT2D eigenvalue weighted by atomic mass is 32.2. The summed E-state index contributed by atoms with van der Waals surface area (Å²) in [6.07, 6.45) is 5.71. The summed E-state index contributed by atoms with van der Waals surface area (Å²) in [7, 11) is 0.166. The van der Waals surface area contributed by atoms with Gasteiger partial charge in [-0.05, 0) is 47.2 Å². The summed E-state index contributed by atoms with van der Waals surface area (Å²) >= 11 is 4.55. The van der Waals surface area contributed by atoms with Crippen molar-refractivity contribution in [2.45, 2.75) is 68.3 Å². The molecule has 17 heavy (non-hydrogen) atoms. The van der Waals surface area contributed by atoms with E-state index in [4.69, 9.17) is 0 Å². The van der Waals surface area contributed by atoms with Crippen LogP contribution in [0.15, 0.2) is 0 Å². The molecular weight excluding hydrogens is 263 g/mol. The van der Waals surface area contributed by atoms with E-state index < -0.39 is 0 Å². The molecule has 0 aromatic carbocycles. The van der Waals surface area contributed by atoms with E-state index in [2.05, 4.69) is 58.1 Å². The topological polar surface area (TPSA) is 0 Å². The fraction of sp³-hybridized carbons (Fsp3) is 1.00. The van der Waals surface area contributed by atoms with Gasteiger partial charge in [0.1, 0.15) is 0 Å². The monoisotopic (exact) mass is 290 g/mol. The molecule has 2 saturated heterocycles. The van der Waals surface area contributed by atoms with E-state index in [1.165, 1.54) is 36.9 Å².